The van der Waals surface area contributed by atoms with E-state index in [9.17, 15) is 4.79 Å². The molecule has 0 aromatic rings. The van der Waals surface area contributed by atoms with E-state index in [1.165, 1.54) is 0 Å². The van der Waals surface area contributed by atoms with Gasteiger partial charge in [0.2, 0.25) is 0 Å². The third-order valence-electron chi connectivity index (χ3n) is 1.24. The van der Waals surface area contributed by atoms with Crippen LogP contribution in [0, 0.1) is 0 Å². The number of carbonyl (C=O) groups is 1. The molecule has 0 atom stereocenters. The Morgan fingerprint density at radius 1 is 1.45 bits per heavy atom. The summed E-state index contributed by atoms with van der Waals surface area (Å²) >= 11 is 0. The van der Waals surface area contributed by atoms with Gasteiger partial charge in [-0.1, -0.05) is 26.3 Å². The van der Waals surface area contributed by atoms with E-state index in [2.05, 4.69) is 0 Å². The van der Waals surface area contributed by atoms with Crippen molar-refractivity contribution in [2.75, 3.05) is 0 Å². The van der Waals surface area contributed by atoms with E-state index in [1.807, 2.05) is 13.8 Å². The number of hydrogen-bond acceptors (Lipinski definition) is 1. The normalized spacial score (nSPS) is 10.5. The Kier molecular flexibility index (Phi) is 10.4. The average molecular weight is 166 g/mol. The third kappa shape index (κ3) is 6.60. The summed E-state index contributed by atoms with van der Waals surface area (Å²) in [7, 11) is 0. The van der Waals surface area contributed by atoms with Crippen molar-refractivity contribution >= 4 is 35.5 Å². The van der Waals surface area contributed by atoms with Gasteiger partial charge in [0.05, 0.1) is 0 Å². The second kappa shape index (κ2) is 8.31. The number of carboxylic acids is 1. The zero-order valence-electron chi connectivity index (χ0n) is 6.55. The van der Waals surface area contributed by atoms with Gasteiger partial charge < -0.3 is 5.11 Å². The molecule has 2 nitrogen and oxygen atoms in total. The molecule has 1 N–H and O–H groups in total. The van der Waals surface area contributed by atoms with Crippen LogP contribution in [0.4, 0.5) is 0 Å². The van der Waals surface area contributed by atoms with E-state index >= 15 is 0 Å². The standard InChI is InChI=1S/C8H14O2.Na.H/c1-3-5-7(6-4-2)8(9)10;;/h5H,3-4,6H2,1-2H3,(H,9,10);;/b7-5+;;. The second-order valence-corrected chi connectivity index (χ2v) is 2.19. The summed E-state index contributed by atoms with van der Waals surface area (Å²) < 4.78 is 0. The number of carboxylic acid groups (broad SMARTS) is 1. The van der Waals surface area contributed by atoms with Crippen LogP contribution < -0.4 is 0 Å². The number of allylic oxidation sites excluding steroid dienone is 1. The van der Waals surface area contributed by atoms with E-state index in [1.54, 1.807) is 6.08 Å². The molecule has 0 aliphatic carbocycles. The number of aliphatic carboxylic acids is 1. The van der Waals surface area contributed by atoms with Crippen LogP contribution in [-0.2, 0) is 4.79 Å². The first-order valence-electron chi connectivity index (χ1n) is 3.64. The van der Waals surface area contributed by atoms with E-state index in [-0.39, 0.29) is 29.6 Å². The monoisotopic (exact) mass is 166 g/mol. The van der Waals surface area contributed by atoms with Gasteiger partial charge in [0.15, 0.2) is 0 Å². The third-order valence-corrected chi connectivity index (χ3v) is 1.24. The average Bonchev–Trinajstić information content (AvgIpc) is 1.87. The van der Waals surface area contributed by atoms with Gasteiger partial charge in [-0.2, -0.15) is 0 Å². The predicted octanol–water partition coefficient (Wildman–Crippen LogP) is 1.56. The molecular formula is C8H15NaO2. The zero-order chi connectivity index (χ0) is 7.98. The summed E-state index contributed by atoms with van der Waals surface area (Å²) in [5, 5.41) is 8.57. The molecule has 0 heterocycles. The van der Waals surface area contributed by atoms with Crippen molar-refractivity contribution in [3.05, 3.63) is 11.6 Å². The van der Waals surface area contributed by atoms with Gasteiger partial charge in [0.25, 0.3) is 0 Å². The molecule has 0 bridgehead atoms. The molecule has 0 aliphatic heterocycles. The quantitative estimate of drug-likeness (QED) is 0.508. The minimum absolute atomic E-state index is 0. The first kappa shape index (κ1) is 13.8. The van der Waals surface area contributed by atoms with Crippen molar-refractivity contribution in [3.8, 4) is 0 Å². The molecule has 0 aliphatic rings. The molecule has 0 radical (unpaired) electrons. The van der Waals surface area contributed by atoms with Crippen molar-refractivity contribution in [2.24, 2.45) is 0 Å². The van der Waals surface area contributed by atoms with Gasteiger partial charge in [-0.3, -0.25) is 0 Å². The Hall–Kier alpha value is 0.210. The molecule has 0 rings (SSSR count). The van der Waals surface area contributed by atoms with E-state index in [0.717, 1.165) is 12.8 Å². The van der Waals surface area contributed by atoms with Gasteiger partial charge in [-0.25, -0.2) is 4.79 Å². The molecule has 0 aromatic carbocycles. The van der Waals surface area contributed by atoms with Crippen molar-refractivity contribution in [1.82, 2.24) is 0 Å². The fourth-order valence-electron chi connectivity index (χ4n) is 0.812. The van der Waals surface area contributed by atoms with Crippen molar-refractivity contribution in [3.63, 3.8) is 0 Å². The van der Waals surface area contributed by atoms with Crippen molar-refractivity contribution < 1.29 is 9.90 Å². The van der Waals surface area contributed by atoms with Crippen molar-refractivity contribution in [1.29, 1.82) is 0 Å². The molecule has 0 spiro atoms. The molecule has 11 heavy (non-hydrogen) atoms. The molecule has 60 valence electrons. The first-order chi connectivity index (χ1) is 4.72. The first-order valence-corrected chi connectivity index (χ1v) is 3.64. The van der Waals surface area contributed by atoms with E-state index < -0.39 is 5.97 Å². The van der Waals surface area contributed by atoms with Crippen LogP contribution >= 0.6 is 0 Å². The molecule has 0 saturated heterocycles. The van der Waals surface area contributed by atoms with Crippen LogP contribution in [0.1, 0.15) is 33.1 Å². The molecule has 0 unspecified atom stereocenters. The Morgan fingerprint density at radius 3 is 2.27 bits per heavy atom. The van der Waals surface area contributed by atoms with Crippen LogP contribution in [-0.4, -0.2) is 40.6 Å². The summed E-state index contributed by atoms with van der Waals surface area (Å²) in [5.74, 6) is -0.774. The number of rotatable bonds is 4. The fraction of sp³-hybridized carbons (Fsp3) is 0.625. The predicted molar refractivity (Wildman–Crippen MR) is 48.1 cm³/mol. The number of hydrogen-bond donors (Lipinski definition) is 1. The molecular weight excluding hydrogens is 151 g/mol. The second-order valence-electron chi connectivity index (χ2n) is 2.19. The van der Waals surface area contributed by atoms with Gasteiger partial charge in [0, 0.05) is 5.57 Å². The van der Waals surface area contributed by atoms with E-state index in [0.29, 0.717) is 12.0 Å². The topological polar surface area (TPSA) is 37.3 Å². The Balaban J connectivity index is 0. The van der Waals surface area contributed by atoms with E-state index in [4.69, 9.17) is 5.11 Å². The van der Waals surface area contributed by atoms with Gasteiger partial charge >= 0.3 is 35.5 Å². The fourth-order valence-corrected chi connectivity index (χ4v) is 0.812. The van der Waals surface area contributed by atoms with Crippen LogP contribution in [0.25, 0.3) is 0 Å². The summed E-state index contributed by atoms with van der Waals surface area (Å²) in [6.07, 6.45) is 4.16. The Morgan fingerprint density at radius 2 is 2.00 bits per heavy atom. The van der Waals surface area contributed by atoms with Gasteiger partial charge in [-0.05, 0) is 12.8 Å². The molecule has 0 fully saturated rings. The van der Waals surface area contributed by atoms with Crippen LogP contribution in [0.5, 0.6) is 0 Å². The summed E-state index contributed by atoms with van der Waals surface area (Å²) in [5.41, 5.74) is 0.546. The zero-order valence-corrected chi connectivity index (χ0v) is 6.55. The van der Waals surface area contributed by atoms with Crippen LogP contribution in [0.3, 0.4) is 0 Å². The molecule has 3 heteroatoms. The SMILES string of the molecule is CC/C=C(\CCC)C(=O)O.[NaH]. The maximum atomic E-state index is 10.4. The minimum atomic E-state index is -0.774. The maximum absolute atomic E-state index is 10.4. The Bertz CT molecular complexity index is 141. The molecule has 0 saturated carbocycles. The molecule has 0 aromatic heterocycles. The van der Waals surface area contributed by atoms with Gasteiger partial charge in [-0.15, -0.1) is 0 Å². The Labute approximate surface area is 90.0 Å². The molecule has 0 amide bonds. The van der Waals surface area contributed by atoms with Crippen molar-refractivity contribution in [2.45, 2.75) is 33.1 Å². The van der Waals surface area contributed by atoms with Gasteiger partial charge in [0.1, 0.15) is 0 Å². The summed E-state index contributed by atoms with van der Waals surface area (Å²) in [6, 6.07) is 0. The van der Waals surface area contributed by atoms with Crippen LogP contribution in [0.15, 0.2) is 11.6 Å². The van der Waals surface area contributed by atoms with Crippen LogP contribution in [0.2, 0.25) is 0 Å². The summed E-state index contributed by atoms with van der Waals surface area (Å²) in [6.45, 7) is 3.92. The summed E-state index contributed by atoms with van der Waals surface area (Å²) in [4.78, 5) is 10.4.